The van der Waals surface area contributed by atoms with Crippen molar-refractivity contribution in [2.75, 3.05) is 49.1 Å². The lowest BCUT2D eigenvalue weighted by atomic mass is 10.1. The number of hydrogen-bond acceptors (Lipinski definition) is 3. The molecule has 2 heterocycles. The molecule has 0 atom stereocenters. The molecule has 31 heavy (non-hydrogen) atoms. The summed E-state index contributed by atoms with van der Waals surface area (Å²) in [5.41, 5.74) is 5.00. The van der Waals surface area contributed by atoms with E-state index in [2.05, 4.69) is 70.5 Å². The van der Waals surface area contributed by atoms with Crippen molar-refractivity contribution < 1.29 is 4.79 Å². The zero-order valence-electron chi connectivity index (χ0n) is 18.1. The topological polar surface area (TPSA) is 26.8 Å². The van der Waals surface area contributed by atoms with E-state index in [9.17, 15) is 4.79 Å². The number of fused-ring (bicyclic) bond motifs is 2. The third-order valence-corrected chi connectivity index (χ3v) is 6.59. The number of rotatable bonds is 5. The van der Waals surface area contributed by atoms with Gasteiger partial charge in [-0.1, -0.05) is 48.5 Å². The molecule has 0 aromatic heterocycles. The molecule has 4 nitrogen and oxygen atoms in total. The van der Waals surface area contributed by atoms with Crippen LogP contribution in [0.5, 0.6) is 0 Å². The molecule has 0 unspecified atom stereocenters. The highest BCUT2D eigenvalue weighted by molar-refractivity contribution is 6.01. The van der Waals surface area contributed by atoms with Crippen molar-refractivity contribution in [3.8, 4) is 0 Å². The number of piperazine rings is 1. The van der Waals surface area contributed by atoms with Crippen molar-refractivity contribution >= 4 is 40.5 Å². The molecular formula is C26H30ClN3O. The molecule has 5 heteroatoms. The highest BCUT2D eigenvalue weighted by atomic mass is 35.5. The van der Waals surface area contributed by atoms with Gasteiger partial charge in [0.2, 0.25) is 5.91 Å². The molecule has 5 rings (SSSR count). The minimum atomic E-state index is 0. The SMILES string of the molecule is CCN1C(=O)Cc2cc(CCN3CCN(c4cccc5ccccc45)CC3)ccc21.Cl. The molecule has 1 saturated heterocycles. The summed E-state index contributed by atoms with van der Waals surface area (Å²) >= 11 is 0. The van der Waals surface area contributed by atoms with Gasteiger partial charge >= 0.3 is 0 Å². The molecular weight excluding hydrogens is 406 g/mol. The minimum Gasteiger partial charge on any atom is -0.368 e. The average molecular weight is 436 g/mol. The second kappa shape index (κ2) is 9.29. The van der Waals surface area contributed by atoms with Crippen molar-refractivity contribution in [3.63, 3.8) is 0 Å². The quantitative estimate of drug-likeness (QED) is 0.588. The molecule has 0 saturated carbocycles. The fourth-order valence-electron chi connectivity index (χ4n) is 4.92. The van der Waals surface area contributed by atoms with Gasteiger partial charge in [0, 0.05) is 56.0 Å². The number of benzene rings is 3. The summed E-state index contributed by atoms with van der Waals surface area (Å²) in [7, 11) is 0. The Morgan fingerprint density at radius 2 is 1.65 bits per heavy atom. The van der Waals surface area contributed by atoms with Crippen molar-refractivity contribution in [2.45, 2.75) is 19.8 Å². The second-order valence-corrected chi connectivity index (χ2v) is 8.35. The van der Waals surface area contributed by atoms with Crippen LogP contribution in [-0.4, -0.2) is 50.1 Å². The van der Waals surface area contributed by atoms with Gasteiger partial charge in [-0.25, -0.2) is 0 Å². The molecule has 162 valence electrons. The van der Waals surface area contributed by atoms with Crippen LogP contribution in [0.3, 0.4) is 0 Å². The maximum Gasteiger partial charge on any atom is 0.231 e. The van der Waals surface area contributed by atoms with E-state index in [0.717, 1.165) is 51.4 Å². The second-order valence-electron chi connectivity index (χ2n) is 8.35. The van der Waals surface area contributed by atoms with Crippen LogP contribution in [0, 0.1) is 0 Å². The first-order valence-corrected chi connectivity index (χ1v) is 11.1. The molecule has 1 fully saturated rings. The fourth-order valence-corrected chi connectivity index (χ4v) is 4.92. The summed E-state index contributed by atoms with van der Waals surface area (Å²) in [4.78, 5) is 19.1. The summed E-state index contributed by atoms with van der Waals surface area (Å²) in [5.74, 6) is 0.231. The van der Waals surface area contributed by atoms with Gasteiger partial charge in [-0.3, -0.25) is 9.69 Å². The van der Waals surface area contributed by atoms with Gasteiger partial charge in [-0.15, -0.1) is 12.4 Å². The molecule has 1 amide bonds. The van der Waals surface area contributed by atoms with Crippen LogP contribution in [0.15, 0.2) is 60.7 Å². The van der Waals surface area contributed by atoms with Gasteiger partial charge in [-0.05, 0) is 42.0 Å². The first-order chi connectivity index (χ1) is 14.7. The van der Waals surface area contributed by atoms with E-state index in [0.29, 0.717) is 6.42 Å². The van der Waals surface area contributed by atoms with Gasteiger partial charge in [0.1, 0.15) is 0 Å². The highest BCUT2D eigenvalue weighted by Gasteiger charge is 2.26. The van der Waals surface area contributed by atoms with E-state index in [1.165, 1.54) is 27.6 Å². The minimum absolute atomic E-state index is 0. The Labute approximate surface area is 190 Å². The lowest BCUT2D eigenvalue weighted by Crippen LogP contribution is -2.47. The third kappa shape index (κ3) is 4.28. The summed E-state index contributed by atoms with van der Waals surface area (Å²) in [6.07, 6.45) is 1.60. The molecule has 3 aromatic carbocycles. The van der Waals surface area contributed by atoms with Crippen LogP contribution in [0.2, 0.25) is 0 Å². The van der Waals surface area contributed by atoms with E-state index < -0.39 is 0 Å². The predicted molar refractivity (Wildman–Crippen MR) is 132 cm³/mol. The van der Waals surface area contributed by atoms with E-state index in [1.54, 1.807) is 0 Å². The molecule has 0 bridgehead atoms. The van der Waals surface area contributed by atoms with Crippen LogP contribution in [0.25, 0.3) is 10.8 Å². The van der Waals surface area contributed by atoms with Gasteiger partial charge in [-0.2, -0.15) is 0 Å². The van der Waals surface area contributed by atoms with Gasteiger partial charge < -0.3 is 9.80 Å². The maximum atomic E-state index is 12.1. The zero-order valence-corrected chi connectivity index (χ0v) is 18.9. The Hall–Kier alpha value is -2.56. The lowest BCUT2D eigenvalue weighted by Gasteiger charge is -2.36. The van der Waals surface area contributed by atoms with Crippen LogP contribution >= 0.6 is 12.4 Å². The summed E-state index contributed by atoms with van der Waals surface area (Å²) in [6, 6.07) is 21.9. The predicted octanol–water partition coefficient (Wildman–Crippen LogP) is 4.54. The fraction of sp³-hybridized carbons (Fsp3) is 0.346. The Kier molecular flexibility index (Phi) is 6.49. The van der Waals surface area contributed by atoms with Crippen LogP contribution in [0.1, 0.15) is 18.1 Å². The molecule has 0 aliphatic carbocycles. The molecule has 0 N–H and O–H groups in total. The van der Waals surface area contributed by atoms with Crippen LogP contribution in [0.4, 0.5) is 11.4 Å². The molecule has 3 aromatic rings. The number of hydrogen-bond donors (Lipinski definition) is 0. The molecule has 2 aliphatic rings. The number of amides is 1. The number of carbonyl (C=O) groups excluding carboxylic acids is 1. The largest absolute Gasteiger partial charge is 0.368 e. The van der Waals surface area contributed by atoms with Crippen molar-refractivity contribution in [1.82, 2.24) is 4.90 Å². The van der Waals surface area contributed by atoms with Gasteiger partial charge in [0.15, 0.2) is 0 Å². The van der Waals surface area contributed by atoms with Crippen molar-refractivity contribution in [3.05, 3.63) is 71.8 Å². The standard InChI is InChI=1S/C26H29N3O.ClH/c1-2-29-24-11-10-20(18-22(24)19-26(29)30)12-13-27-14-16-28(17-15-27)25-9-5-7-21-6-3-4-8-23(21)25;/h3-11,18H,2,12-17,19H2,1H3;1H. The first-order valence-electron chi connectivity index (χ1n) is 11.1. The van der Waals surface area contributed by atoms with Crippen molar-refractivity contribution in [2.24, 2.45) is 0 Å². The van der Waals surface area contributed by atoms with E-state index in [-0.39, 0.29) is 18.3 Å². The smallest absolute Gasteiger partial charge is 0.231 e. The first kappa shape index (κ1) is 21.7. The zero-order chi connectivity index (χ0) is 20.5. The number of likely N-dealkylation sites (N-methyl/N-ethyl adjacent to an activating group) is 1. The van der Waals surface area contributed by atoms with Crippen LogP contribution in [-0.2, 0) is 17.6 Å². The monoisotopic (exact) mass is 435 g/mol. The van der Waals surface area contributed by atoms with E-state index in [4.69, 9.17) is 0 Å². The Morgan fingerprint density at radius 1 is 0.871 bits per heavy atom. The molecule has 2 aliphatic heterocycles. The number of anilines is 2. The third-order valence-electron chi connectivity index (χ3n) is 6.59. The number of nitrogens with zero attached hydrogens (tertiary/aromatic N) is 3. The van der Waals surface area contributed by atoms with E-state index >= 15 is 0 Å². The summed E-state index contributed by atoms with van der Waals surface area (Å²) < 4.78 is 0. The van der Waals surface area contributed by atoms with Crippen molar-refractivity contribution in [1.29, 1.82) is 0 Å². The molecule has 0 spiro atoms. The Balaban J connectivity index is 0.00000231. The maximum absolute atomic E-state index is 12.1. The van der Waals surface area contributed by atoms with Gasteiger partial charge in [0.25, 0.3) is 0 Å². The average Bonchev–Trinajstić information content (AvgIpc) is 3.11. The normalized spacial score (nSPS) is 16.5. The summed E-state index contributed by atoms with van der Waals surface area (Å²) in [6.45, 7) is 8.20. The summed E-state index contributed by atoms with van der Waals surface area (Å²) in [5, 5.41) is 2.66. The Bertz CT molecular complexity index is 1070. The van der Waals surface area contributed by atoms with Gasteiger partial charge in [0.05, 0.1) is 6.42 Å². The molecule has 0 radical (unpaired) electrons. The number of carbonyl (C=O) groups is 1. The Morgan fingerprint density at radius 3 is 2.45 bits per heavy atom. The van der Waals surface area contributed by atoms with E-state index in [1.807, 2.05) is 11.8 Å². The van der Waals surface area contributed by atoms with Crippen LogP contribution < -0.4 is 9.80 Å². The number of halogens is 1. The highest BCUT2D eigenvalue weighted by Crippen LogP contribution is 2.30. The lowest BCUT2D eigenvalue weighted by molar-refractivity contribution is -0.117.